The van der Waals surface area contributed by atoms with Crippen molar-refractivity contribution >= 4 is 5.91 Å². The van der Waals surface area contributed by atoms with E-state index in [1.807, 2.05) is 4.90 Å². The van der Waals surface area contributed by atoms with Crippen molar-refractivity contribution in [2.45, 2.75) is 38.8 Å². The average molecular weight is 362 g/mol. The largest absolute Gasteiger partial charge is 0.381 e. The Morgan fingerprint density at radius 2 is 1.85 bits per heavy atom. The second-order valence-corrected chi connectivity index (χ2v) is 7.68. The first-order chi connectivity index (χ1) is 12.7. The van der Waals surface area contributed by atoms with Crippen LogP contribution < -0.4 is 0 Å². The highest BCUT2D eigenvalue weighted by molar-refractivity contribution is 5.78. The van der Waals surface area contributed by atoms with Crippen molar-refractivity contribution in [2.75, 3.05) is 52.6 Å². The summed E-state index contributed by atoms with van der Waals surface area (Å²) < 4.78 is 13.1. The Labute approximate surface area is 155 Å². The quantitative estimate of drug-likeness (QED) is 0.802. The molecule has 144 valence electrons. The van der Waals surface area contributed by atoms with Gasteiger partial charge in [0.15, 0.2) is 0 Å². The number of carbonyl (C=O) groups is 1. The van der Waals surface area contributed by atoms with E-state index in [9.17, 15) is 4.79 Å². The molecule has 0 aliphatic carbocycles. The molecule has 7 heteroatoms. The van der Waals surface area contributed by atoms with Gasteiger partial charge in [0.1, 0.15) is 5.82 Å². The molecule has 1 amide bonds. The topological polar surface area (TPSA) is 59.8 Å². The molecule has 0 N–H and O–H groups in total. The lowest BCUT2D eigenvalue weighted by molar-refractivity contribution is -0.134. The lowest BCUT2D eigenvalue weighted by Gasteiger charge is -2.37. The van der Waals surface area contributed by atoms with Crippen LogP contribution in [0.5, 0.6) is 0 Å². The molecule has 1 aromatic heterocycles. The second-order valence-electron chi connectivity index (χ2n) is 7.68. The van der Waals surface area contributed by atoms with Crippen LogP contribution in [0, 0.1) is 5.92 Å². The number of rotatable bonds is 4. The van der Waals surface area contributed by atoms with Gasteiger partial charge in [-0.2, -0.15) is 0 Å². The van der Waals surface area contributed by atoms with Crippen LogP contribution in [0.1, 0.15) is 37.3 Å². The van der Waals surface area contributed by atoms with Crippen molar-refractivity contribution in [3.63, 3.8) is 0 Å². The summed E-state index contributed by atoms with van der Waals surface area (Å²) in [6, 6.07) is 0.304. The fraction of sp³-hybridized carbons (Fsp3) is 0.789. The minimum Gasteiger partial charge on any atom is -0.381 e. The van der Waals surface area contributed by atoms with Gasteiger partial charge in [0, 0.05) is 52.1 Å². The molecular formula is C19H30N4O3. The summed E-state index contributed by atoms with van der Waals surface area (Å²) in [5.74, 6) is 2.00. The molecule has 3 aliphatic heterocycles. The van der Waals surface area contributed by atoms with Gasteiger partial charge in [-0.25, -0.2) is 4.98 Å². The number of morpholine rings is 1. The van der Waals surface area contributed by atoms with Crippen molar-refractivity contribution in [2.24, 2.45) is 5.92 Å². The summed E-state index contributed by atoms with van der Waals surface area (Å²) in [5, 5.41) is 0. The Balaban J connectivity index is 1.38. The maximum atomic E-state index is 12.5. The minimum atomic E-state index is 0.162. The summed E-state index contributed by atoms with van der Waals surface area (Å²) in [4.78, 5) is 21.8. The number of fused-ring (bicyclic) bond motifs is 1. The molecule has 2 fully saturated rings. The number of imidazole rings is 1. The number of hydrogen-bond donors (Lipinski definition) is 0. The molecule has 0 unspecified atom stereocenters. The summed E-state index contributed by atoms with van der Waals surface area (Å²) in [5.41, 5.74) is 0.899. The Morgan fingerprint density at radius 3 is 2.62 bits per heavy atom. The average Bonchev–Trinajstić information content (AvgIpc) is 3.09. The number of nitrogens with zero attached hydrogens (tertiary/aromatic N) is 4. The monoisotopic (exact) mass is 362 g/mol. The van der Waals surface area contributed by atoms with E-state index in [4.69, 9.17) is 14.5 Å². The molecule has 1 aromatic rings. The Bertz CT molecular complexity index is 620. The van der Waals surface area contributed by atoms with Gasteiger partial charge in [-0.1, -0.05) is 0 Å². The predicted octanol–water partition coefficient (Wildman–Crippen LogP) is 1.09. The lowest BCUT2D eigenvalue weighted by atomic mass is 9.98. The van der Waals surface area contributed by atoms with Crippen LogP contribution in [0.2, 0.25) is 0 Å². The van der Waals surface area contributed by atoms with Crippen molar-refractivity contribution in [1.29, 1.82) is 0 Å². The summed E-state index contributed by atoms with van der Waals surface area (Å²) in [6.07, 6.45) is 4.80. The molecule has 4 heterocycles. The van der Waals surface area contributed by atoms with Crippen molar-refractivity contribution < 1.29 is 14.3 Å². The highest BCUT2D eigenvalue weighted by Crippen LogP contribution is 2.27. The van der Waals surface area contributed by atoms with Gasteiger partial charge in [-0.05, 0) is 25.7 Å². The molecule has 4 rings (SSSR count). The van der Waals surface area contributed by atoms with E-state index in [1.165, 1.54) is 0 Å². The zero-order valence-electron chi connectivity index (χ0n) is 15.7. The Morgan fingerprint density at radius 1 is 1.12 bits per heavy atom. The van der Waals surface area contributed by atoms with Gasteiger partial charge < -0.3 is 18.9 Å². The molecule has 3 aliphatic rings. The highest BCUT2D eigenvalue weighted by Gasteiger charge is 2.29. The highest BCUT2D eigenvalue weighted by atomic mass is 16.5. The normalized spacial score (nSPS) is 25.3. The maximum Gasteiger partial charge on any atom is 0.228 e. The Hall–Kier alpha value is -1.44. The molecule has 0 radical (unpaired) electrons. The zero-order valence-corrected chi connectivity index (χ0v) is 15.7. The SMILES string of the molecule is C[C@H]1c2nc(CC(=O)N3CCOCC3)cn2CCN1CC1CCOCC1. The van der Waals surface area contributed by atoms with Gasteiger partial charge in [0.05, 0.1) is 31.4 Å². The molecule has 0 saturated carbocycles. The third-order valence-electron chi connectivity index (χ3n) is 5.94. The van der Waals surface area contributed by atoms with Gasteiger partial charge in [-0.15, -0.1) is 0 Å². The van der Waals surface area contributed by atoms with E-state index in [-0.39, 0.29) is 5.91 Å². The number of hydrogen-bond acceptors (Lipinski definition) is 5. The van der Waals surface area contributed by atoms with Gasteiger partial charge in [-0.3, -0.25) is 9.69 Å². The fourth-order valence-corrected chi connectivity index (χ4v) is 4.27. The predicted molar refractivity (Wildman–Crippen MR) is 96.9 cm³/mol. The maximum absolute atomic E-state index is 12.5. The van der Waals surface area contributed by atoms with Crippen molar-refractivity contribution in [1.82, 2.24) is 19.4 Å². The summed E-state index contributed by atoms with van der Waals surface area (Å²) in [6.45, 7) is 9.85. The number of ether oxygens (including phenoxy) is 2. The molecule has 26 heavy (non-hydrogen) atoms. The van der Waals surface area contributed by atoms with Gasteiger partial charge >= 0.3 is 0 Å². The van der Waals surface area contributed by atoms with E-state index in [0.29, 0.717) is 38.8 Å². The van der Waals surface area contributed by atoms with Crippen LogP contribution in [-0.4, -0.2) is 77.9 Å². The zero-order chi connectivity index (χ0) is 17.9. The molecule has 7 nitrogen and oxygen atoms in total. The third kappa shape index (κ3) is 3.94. The van der Waals surface area contributed by atoms with Crippen LogP contribution in [0.3, 0.4) is 0 Å². The van der Waals surface area contributed by atoms with E-state index in [1.54, 1.807) is 0 Å². The van der Waals surface area contributed by atoms with Gasteiger partial charge in [0.2, 0.25) is 5.91 Å². The first-order valence-corrected chi connectivity index (χ1v) is 9.94. The number of carbonyl (C=O) groups excluding carboxylic acids is 1. The Kier molecular flexibility index (Phi) is 5.57. The van der Waals surface area contributed by atoms with E-state index >= 15 is 0 Å². The second kappa shape index (κ2) is 8.06. The van der Waals surface area contributed by atoms with E-state index in [2.05, 4.69) is 22.6 Å². The van der Waals surface area contributed by atoms with Gasteiger partial charge in [0.25, 0.3) is 0 Å². The standard InChI is InChI=1S/C19H30N4O3/c1-15-19-20-17(12-18(24)21-6-10-26-11-7-21)14-23(19)5-4-22(15)13-16-2-8-25-9-3-16/h14-16H,2-13H2,1H3/t15-/m0/s1. The van der Waals surface area contributed by atoms with Crippen molar-refractivity contribution in [3.8, 4) is 0 Å². The van der Waals surface area contributed by atoms with E-state index in [0.717, 1.165) is 63.1 Å². The van der Waals surface area contributed by atoms with Crippen LogP contribution in [0.4, 0.5) is 0 Å². The van der Waals surface area contributed by atoms with E-state index < -0.39 is 0 Å². The first-order valence-electron chi connectivity index (χ1n) is 9.94. The smallest absolute Gasteiger partial charge is 0.228 e. The van der Waals surface area contributed by atoms with Crippen LogP contribution in [0.15, 0.2) is 6.20 Å². The molecule has 0 bridgehead atoms. The van der Waals surface area contributed by atoms with Crippen LogP contribution in [0.25, 0.3) is 0 Å². The van der Waals surface area contributed by atoms with Crippen LogP contribution in [-0.2, 0) is 27.2 Å². The molecule has 0 aromatic carbocycles. The molecule has 2 saturated heterocycles. The molecule has 1 atom stereocenters. The lowest BCUT2D eigenvalue weighted by Crippen LogP contribution is -2.41. The summed E-state index contributed by atoms with van der Waals surface area (Å²) in [7, 11) is 0. The summed E-state index contributed by atoms with van der Waals surface area (Å²) >= 11 is 0. The number of aromatic nitrogens is 2. The minimum absolute atomic E-state index is 0.162. The molecule has 0 spiro atoms. The fourth-order valence-electron chi connectivity index (χ4n) is 4.27. The van der Waals surface area contributed by atoms with Crippen molar-refractivity contribution in [3.05, 3.63) is 17.7 Å². The van der Waals surface area contributed by atoms with Crippen LogP contribution >= 0.6 is 0 Å². The number of amides is 1. The molecular weight excluding hydrogens is 332 g/mol. The third-order valence-corrected chi connectivity index (χ3v) is 5.94. The first kappa shape index (κ1) is 17.9.